The molecule has 3 rings (SSSR count). The largest absolute Gasteiger partial charge is 0.326 e. The lowest BCUT2D eigenvalue weighted by molar-refractivity contribution is 0.0954. The van der Waals surface area contributed by atoms with Crippen LogP contribution in [0.5, 0.6) is 0 Å². The minimum absolute atomic E-state index is 0.0473. The van der Waals surface area contributed by atoms with Crippen molar-refractivity contribution >= 4 is 63.3 Å². The van der Waals surface area contributed by atoms with Gasteiger partial charge in [-0.1, -0.05) is 23.2 Å². The first-order valence-electron chi connectivity index (χ1n) is 8.19. The lowest BCUT2D eigenvalue weighted by atomic mass is 10.1. The monoisotopic (exact) mass is 544 g/mol. The van der Waals surface area contributed by atoms with Crippen LogP contribution in [0, 0.1) is 3.57 Å². The third-order valence-electron chi connectivity index (χ3n) is 4.01. The fraction of sp³-hybridized carbons (Fsp3) is 0.0556. The van der Waals surface area contributed by atoms with Crippen LogP contribution in [0.2, 0.25) is 10.0 Å². The van der Waals surface area contributed by atoms with Crippen molar-refractivity contribution in [3.8, 4) is 5.82 Å². The first kappa shape index (κ1) is 21.5. The second-order valence-electron chi connectivity index (χ2n) is 5.84. The zero-order valence-corrected chi connectivity index (χ0v) is 18.4. The molecule has 0 unspecified atom stereocenters. The molecule has 0 spiro atoms. The molecule has 0 aliphatic carbocycles. The fourth-order valence-corrected chi connectivity index (χ4v) is 3.77. The predicted octanol–water partition coefficient (Wildman–Crippen LogP) is 3.10. The minimum atomic E-state index is -0.616. The average molecular weight is 545 g/mol. The number of nitrogens with two attached hydrogens (primary N) is 2. The lowest BCUT2D eigenvalue weighted by Crippen LogP contribution is -2.31. The van der Waals surface area contributed by atoms with Crippen LogP contribution in [0.3, 0.4) is 0 Å². The number of nitrogens with zero attached hydrogens (tertiary/aromatic N) is 2. The van der Waals surface area contributed by atoms with Crippen molar-refractivity contribution < 1.29 is 9.59 Å². The Balaban J connectivity index is 2.07. The van der Waals surface area contributed by atoms with Gasteiger partial charge in [0.15, 0.2) is 5.82 Å². The molecule has 2 heterocycles. The number of pyridine rings is 1. The summed E-state index contributed by atoms with van der Waals surface area (Å²) < 4.78 is 2.37. The van der Waals surface area contributed by atoms with Crippen LogP contribution in [-0.4, -0.2) is 21.4 Å². The molecule has 29 heavy (non-hydrogen) atoms. The van der Waals surface area contributed by atoms with Crippen molar-refractivity contribution in [2.24, 2.45) is 11.6 Å². The predicted molar refractivity (Wildman–Crippen MR) is 120 cm³/mol. The standard InChI is InChI=1S/C18H15Cl2IN6O2/c19-10-4-9(7-22)15(12(5-10)17(28)26-23)25-18(29)14-6-11(21)8-27(14)16-13(20)2-1-3-24-16/h1-6,8H,7,22-23H2,(H,25,29)(H,26,28). The highest BCUT2D eigenvalue weighted by molar-refractivity contribution is 14.1. The number of hydrazine groups is 1. The van der Waals surface area contributed by atoms with E-state index in [1.54, 1.807) is 41.2 Å². The molecule has 0 atom stereocenters. The number of amides is 2. The van der Waals surface area contributed by atoms with Crippen molar-refractivity contribution in [2.75, 3.05) is 5.32 Å². The van der Waals surface area contributed by atoms with Gasteiger partial charge in [0.1, 0.15) is 5.69 Å². The van der Waals surface area contributed by atoms with Gasteiger partial charge in [0, 0.05) is 27.5 Å². The molecule has 0 radical (unpaired) electrons. The number of aromatic nitrogens is 2. The average Bonchev–Trinajstić information content (AvgIpc) is 3.10. The van der Waals surface area contributed by atoms with E-state index in [2.05, 4.69) is 32.9 Å². The Bertz CT molecular complexity index is 1100. The van der Waals surface area contributed by atoms with E-state index in [1.807, 2.05) is 5.43 Å². The lowest BCUT2D eigenvalue weighted by Gasteiger charge is -2.16. The molecule has 1 aromatic carbocycles. The Morgan fingerprint density at radius 3 is 2.62 bits per heavy atom. The molecule has 0 fully saturated rings. The van der Waals surface area contributed by atoms with Crippen molar-refractivity contribution in [3.05, 3.63) is 73.2 Å². The van der Waals surface area contributed by atoms with Gasteiger partial charge in [-0.15, -0.1) is 0 Å². The molecule has 3 aromatic rings. The van der Waals surface area contributed by atoms with Crippen LogP contribution < -0.4 is 22.3 Å². The van der Waals surface area contributed by atoms with E-state index in [9.17, 15) is 9.59 Å². The number of rotatable bonds is 5. The Hall–Kier alpha value is -2.18. The van der Waals surface area contributed by atoms with Crippen LogP contribution in [0.1, 0.15) is 26.4 Å². The Morgan fingerprint density at radius 2 is 1.97 bits per heavy atom. The summed E-state index contributed by atoms with van der Waals surface area (Å²) in [6, 6.07) is 8.01. The summed E-state index contributed by atoms with van der Waals surface area (Å²) in [4.78, 5) is 29.5. The number of carbonyl (C=O) groups is 2. The maximum absolute atomic E-state index is 13.1. The Kier molecular flexibility index (Phi) is 6.75. The van der Waals surface area contributed by atoms with Crippen LogP contribution in [0.4, 0.5) is 5.69 Å². The number of hydrogen-bond donors (Lipinski definition) is 4. The van der Waals surface area contributed by atoms with Crippen LogP contribution >= 0.6 is 45.8 Å². The fourth-order valence-electron chi connectivity index (χ4n) is 2.74. The normalized spacial score (nSPS) is 10.7. The summed E-state index contributed by atoms with van der Waals surface area (Å²) in [5.74, 6) is 4.56. The van der Waals surface area contributed by atoms with Gasteiger partial charge in [-0.2, -0.15) is 0 Å². The van der Waals surface area contributed by atoms with Gasteiger partial charge >= 0.3 is 0 Å². The highest BCUT2D eigenvalue weighted by Gasteiger charge is 2.22. The topological polar surface area (TPSA) is 128 Å². The van der Waals surface area contributed by atoms with Gasteiger partial charge in [-0.05, 0) is 58.5 Å². The zero-order chi connectivity index (χ0) is 21.1. The Labute approximate surface area is 189 Å². The number of carbonyl (C=O) groups excluding carboxylic acids is 2. The SMILES string of the molecule is NCc1cc(Cl)cc(C(=O)NN)c1NC(=O)c1cc(I)cn1-c1ncccc1Cl. The number of halogens is 3. The van der Waals surface area contributed by atoms with E-state index in [-0.39, 0.29) is 23.5 Å². The molecule has 11 heteroatoms. The summed E-state index contributed by atoms with van der Waals surface area (Å²) in [7, 11) is 0. The first-order valence-corrected chi connectivity index (χ1v) is 10.0. The van der Waals surface area contributed by atoms with E-state index in [1.165, 1.54) is 6.07 Å². The van der Waals surface area contributed by atoms with Crippen molar-refractivity contribution in [2.45, 2.75) is 6.54 Å². The number of benzene rings is 1. The highest BCUT2D eigenvalue weighted by atomic mass is 127. The molecule has 2 aromatic heterocycles. The van der Waals surface area contributed by atoms with Gasteiger partial charge < -0.3 is 11.1 Å². The van der Waals surface area contributed by atoms with Gasteiger partial charge in [0.25, 0.3) is 11.8 Å². The maximum atomic E-state index is 13.1. The van der Waals surface area contributed by atoms with Gasteiger partial charge in [0.2, 0.25) is 0 Å². The molecule has 0 saturated heterocycles. The van der Waals surface area contributed by atoms with Crippen molar-refractivity contribution in [3.63, 3.8) is 0 Å². The molecule has 0 aliphatic heterocycles. The number of anilines is 1. The van der Waals surface area contributed by atoms with Crippen molar-refractivity contribution in [1.29, 1.82) is 0 Å². The van der Waals surface area contributed by atoms with Crippen LogP contribution in [0.25, 0.3) is 5.82 Å². The second-order valence-corrected chi connectivity index (χ2v) is 7.93. The molecule has 2 amide bonds. The molecular weight excluding hydrogens is 530 g/mol. The summed E-state index contributed by atoms with van der Waals surface area (Å²) in [5, 5.41) is 3.42. The molecule has 8 nitrogen and oxygen atoms in total. The number of nitrogens with one attached hydrogen (secondary N) is 2. The van der Waals surface area contributed by atoms with E-state index in [4.69, 9.17) is 34.8 Å². The summed E-state index contributed by atoms with van der Waals surface area (Å²) in [6.45, 7) is 0.0473. The zero-order valence-electron chi connectivity index (χ0n) is 14.7. The van der Waals surface area contributed by atoms with Crippen LogP contribution in [-0.2, 0) is 6.54 Å². The summed E-state index contributed by atoms with van der Waals surface area (Å²) >= 11 is 14.4. The highest BCUT2D eigenvalue weighted by Crippen LogP contribution is 2.28. The Morgan fingerprint density at radius 1 is 1.21 bits per heavy atom. The number of hydrogen-bond acceptors (Lipinski definition) is 5. The molecule has 6 N–H and O–H groups in total. The summed E-state index contributed by atoms with van der Waals surface area (Å²) in [5.41, 5.74) is 8.89. The van der Waals surface area contributed by atoms with Crippen LogP contribution in [0.15, 0.2) is 42.7 Å². The van der Waals surface area contributed by atoms with Gasteiger partial charge in [-0.25, -0.2) is 10.8 Å². The number of nitrogen functional groups attached to an aromatic ring is 1. The third kappa shape index (κ3) is 4.54. The summed E-state index contributed by atoms with van der Waals surface area (Å²) in [6.07, 6.45) is 3.30. The quantitative estimate of drug-likeness (QED) is 0.170. The molecule has 0 saturated carbocycles. The van der Waals surface area contributed by atoms with E-state index in [0.29, 0.717) is 21.4 Å². The molecule has 0 aliphatic rings. The van der Waals surface area contributed by atoms with Gasteiger partial charge in [-0.3, -0.25) is 19.6 Å². The second kappa shape index (κ2) is 9.09. The maximum Gasteiger partial charge on any atom is 0.272 e. The third-order valence-corrected chi connectivity index (χ3v) is 5.11. The first-order chi connectivity index (χ1) is 13.8. The van der Waals surface area contributed by atoms with E-state index >= 15 is 0 Å². The molecule has 150 valence electrons. The van der Waals surface area contributed by atoms with E-state index < -0.39 is 11.8 Å². The minimum Gasteiger partial charge on any atom is -0.326 e. The molecule has 0 bridgehead atoms. The molecular formula is C18H15Cl2IN6O2. The smallest absolute Gasteiger partial charge is 0.272 e. The van der Waals surface area contributed by atoms with E-state index in [0.717, 1.165) is 3.57 Å². The van der Waals surface area contributed by atoms with Gasteiger partial charge in [0.05, 0.1) is 16.3 Å². The van der Waals surface area contributed by atoms with Crippen molar-refractivity contribution in [1.82, 2.24) is 15.0 Å².